The van der Waals surface area contributed by atoms with Crippen LogP contribution in [-0.2, 0) is 35.1 Å². The lowest BCUT2D eigenvalue weighted by Gasteiger charge is -2.28. The average Bonchev–Trinajstić information content (AvgIpc) is 3.01. The molecule has 3 rings (SSSR count). The monoisotopic (exact) mass is 656 g/mol. The number of nitrogens with one attached hydrogen (secondary N) is 2. The Labute approximate surface area is 275 Å². The topological polar surface area (TPSA) is 140 Å². The molecule has 1 fully saturated rings. The molecule has 3 N–H and O–H groups in total. The number of cyclic esters (lactones) is 2. The van der Waals surface area contributed by atoms with Crippen molar-refractivity contribution in [2.24, 2.45) is 17.8 Å². The number of esters is 2. The van der Waals surface area contributed by atoms with Crippen LogP contribution in [0.1, 0.15) is 58.1 Å². The predicted octanol–water partition coefficient (Wildman–Crippen LogP) is 4.50. The van der Waals surface area contributed by atoms with Crippen molar-refractivity contribution in [2.45, 2.75) is 77.7 Å². The van der Waals surface area contributed by atoms with Gasteiger partial charge in [0, 0.05) is 25.3 Å². The van der Waals surface area contributed by atoms with E-state index in [-0.39, 0.29) is 44.1 Å². The fraction of sp³-hybridized carbons (Fsp3) is 0.486. The minimum Gasteiger partial charge on any atom is -0.495 e. The van der Waals surface area contributed by atoms with Crippen LogP contribution < -0.4 is 15.4 Å². The molecule has 0 saturated carbocycles. The molecule has 46 heavy (non-hydrogen) atoms. The van der Waals surface area contributed by atoms with Crippen LogP contribution in [0.2, 0.25) is 5.02 Å². The normalized spacial score (nSPS) is 23.1. The SMILES string of the molecule is COc1ccc(C[C@H]2NC(=O)C[C@H](C[C@H](O)[C@H](C)/C=C/c3ccccc3)OC(=O)[C@H](CC(C)C)OC(=O)[C@H](C)CNC2=O)cc1Cl. The quantitative estimate of drug-likeness (QED) is 0.318. The molecular formula is C35H45ClN2O8. The molecule has 250 valence electrons. The summed E-state index contributed by atoms with van der Waals surface area (Å²) in [5, 5.41) is 16.9. The molecule has 11 heteroatoms. The number of benzene rings is 2. The average molecular weight is 657 g/mol. The van der Waals surface area contributed by atoms with Crippen molar-refractivity contribution in [3.05, 3.63) is 70.8 Å². The van der Waals surface area contributed by atoms with Gasteiger partial charge in [0.1, 0.15) is 17.9 Å². The summed E-state index contributed by atoms with van der Waals surface area (Å²) < 4.78 is 16.6. The standard InChI is InChI=1S/C35H45ClN2O8/c1-21(2)15-31-35(43)45-26(18-29(39)22(3)11-12-24-9-7-6-8-10-24)19-32(40)38-28(33(41)37-20-23(4)34(42)46-31)17-25-13-14-30(44-5)27(36)16-25/h6-14,16,21-23,26,28-29,31,39H,15,17-20H2,1-5H3,(H,37,41)(H,38,40)/b12-11+/t22-,23-,26+,28-,29+,31+/m1/s1. The molecule has 0 unspecified atom stereocenters. The van der Waals surface area contributed by atoms with E-state index < -0.39 is 54.0 Å². The minimum absolute atomic E-state index is 0.0121. The first-order chi connectivity index (χ1) is 21.9. The number of halogens is 1. The van der Waals surface area contributed by atoms with Gasteiger partial charge in [-0.1, -0.05) is 87.8 Å². The van der Waals surface area contributed by atoms with Crippen molar-refractivity contribution in [2.75, 3.05) is 13.7 Å². The van der Waals surface area contributed by atoms with E-state index >= 15 is 0 Å². The Morgan fingerprint density at radius 1 is 1.02 bits per heavy atom. The fourth-order valence-corrected chi connectivity index (χ4v) is 5.21. The minimum atomic E-state index is -1.21. The van der Waals surface area contributed by atoms with E-state index in [2.05, 4.69) is 10.6 Å². The number of aliphatic hydroxyl groups is 1. The Kier molecular flexibility index (Phi) is 14.1. The van der Waals surface area contributed by atoms with Gasteiger partial charge in [-0.3, -0.25) is 14.4 Å². The van der Waals surface area contributed by atoms with Crippen molar-refractivity contribution in [1.82, 2.24) is 10.6 Å². The molecule has 2 aromatic rings. The molecule has 1 heterocycles. The summed E-state index contributed by atoms with van der Waals surface area (Å²) in [6, 6.07) is 13.6. The van der Waals surface area contributed by atoms with Crippen molar-refractivity contribution < 1.29 is 38.5 Å². The number of amides is 2. The van der Waals surface area contributed by atoms with E-state index in [4.69, 9.17) is 25.8 Å². The van der Waals surface area contributed by atoms with Crippen LogP contribution in [0.15, 0.2) is 54.6 Å². The lowest BCUT2D eigenvalue weighted by molar-refractivity contribution is -0.176. The Bertz CT molecular complexity index is 1370. The fourth-order valence-electron chi connectivity index (χ4n) is 4.93. The number of carbonyl (C=O) groups excluding carboxylic acids is 4. The highest BCUT2D eigenvalue weighted by atomic mass is 35.5. The van der Waals surface area contributed by atoms with Crippen LogP contribution >= 0.6 is 11.6 Å². The lowest BCUT2D eigenvalue weighted by Crippen LogP contribution is -2.50. The maximum absolute atomic E-state index is 13.4. The molecular weight excluding hydrogens is 612 g/mol. The molecule has 1 aliphatic rings. The van der Waals surface area contributed by atoms with Gasteiger partial charge in [-0.25, -0.2) is 4.79 Å². The van der Waals surface area contributed by atoms with E-state index in [9.17, 15) is 24.3 Å². The Balaban J connectivity index is 1.87. The summed E-state index contributed by atoms with van der Waals surface area (Å²) in [7, 11) is 1.49. The maximum atomic E-state index is 13.4. The maximum Gasteiger partial charge on any atom is 0.347 e. The summed E-state index contributed by atoms with van der Waals surface area (Å²) in [5.41, 5.74) is 1.62. The van der Waals surface area contributed by atoms with Crippen LogP contribution in [0.3, 0.4) is 0 Å². The number of hydrogen-bond acceptors (Lipinski definition) is 8. The van der Waals surface area contributed by atoms with E-state index in [0.29, 0.717) is 16.3 Å². The van der Waals surface area contributed by atoms with Gasteiger partial charge in [0.2, 0.25) is 11.8 Å². The number of ether oxygens (including phenoxy) is 3. The molecule has 2 amide bonds. The van der Waals surface area contributed by atoms with E-state index in [1.54, 1.807) is 25.1 Å². The van der Waals surface area contributed by atoms with Crippen LogP contribution in [0.25, 0.3) is 6.08 Å². The molecule has 0 radical (unpaired) electrons. The lowest BCUT2D eigenvalue weighted by atomic mass is 9.96. The first-order valence-corrected chi connectivity index (χ1v) is 16.0. The van der Waals surface area contributed by atoms with Gasteiger partial charge in [-0.2, -0.15) is 0 Å². The number of rotatable bonds is 10. The van der Waals surface area contributed by atoms with Crippen molar-refractivity contribution in [3.8, 4) is 5.75 Å². The Morgan fingerprint density at radius 3 is 2.39 bits per heavy atom. The zero-order valence-corrected chi connectivity index (χ0v) is 27.8. The van der Waals surface area contributed by atoms with Gasteiger partial charge in [-0.15, -0.1) is 0 Å². The summed E-state index contributed by atoms with van der Waals surface area (Å²) in [5.74, 6) is -3.21. The summed E-state index contributed by atoms with van der Waals surface area (Å²) in [6.45, 7) is 7.08. The third-order valence-electron chi connectivity index (χ3n) is 7.70. The van der Waals surface area contributed by atoms with Gasteiger partial charge >= 0.3 is 11.9 Å². The molecule has 10 nitrogen and oxygen atoms in total. The molecule has 0 bridgehead atoms. The van der Waals surface area contributed by atoms with E-state index in [0.717, 1.165) is 5.56 Å². The highest BCUT2D eigenvalue weighted by molar-refractivity contribution is 6.32. The Hall–Kier alpha value is -3.89. The van der Waals surface area contributed by atoms with Gasteiger partial charge in [0.15, 0.2) is 6.10 Å². The first kappa shape index (κ1) is 36.6. The van der Waals surface area contributed by atoms with Gasteiger partial charge in [-0.05, 0) is 35.6 Å². The van der Waals surface area contributed by atoms with E-state index in [1.165, 1.54) is 7.11 Å². The number of carbonyl (C=O) groups is 4. The van der Waals surface area contributed by atoms with Crippen LogP contribution in [0.4, 0.5) is 0 Å². The van der Waals surface area contributed by atoms with Crippen molar-refractivity contribution in [3.63, 3.8) is 0 Å². The van der Waals surface area contributed by atoms with Crippen molar-refractivity contribution in [1.29, 1.82) is 0 Å². The molecule has 0 spiro atoms. The Morgan fingerprint density at radius 2 is 1.74 bits per heavy atom. The molecule has 1 saturated heterocycles. The number of hydrogen-bond donors (Lipinski definition) is 3. The van der Waals surface area contributed by atoms with Gasteiger partial charge in [0.25, 0.3) is 0 Å². The molecule has 2 aromatic carbocycles. The first-order valence-electron chi connectivity index (χ1n) is 15.6. The molecule has 0 aliphatic carbocycles. The highest BCUT2D eigenvalue weighted by Crippen LogP contribution is 2.26. The second-order valence-corrected chi connectivity index (χ2v) is 12.6. The smallest absolute Gasteiger partial charge is 0.347 e. The van der Waals surface area contributed by atoms with E-state index in [1.807, 2.05) is 63.3 Å². The largest absolute Gasteiger partial charge is 0.495 e. The molecule has 0 aromatic heterocycles. The number of aliphatic hydroxyl groups excluding tert-OH is 1. The summed E-state index contributed by atoms with van der Waals surface area (Å²) in [4.78, 5) is 53.1. The molecule has 1 aliphatic heterocycles. The third kappa shape index (κ3) is 11.5. The second kappa shape index (κ2) is 17.7. The van der Waals surface area contributed by atoms with Crippen LogP contribution in [-0.4, -0.2) is 66.9 Å². The summed E-state index contributed by atoms with van der Waals surface area (Å²) >= 11 is 6.29. The third-order valence-corrected chi connectivity index (χ3v) is 7.99. The van der Waals surface area contributed by atoms with Gasteiger partial charge in [0.05, 0.1) is 30.6 Å². The predicted molar refractivity (Wildman–Crippen MR) is 175 cm³/mol. The van der Waals surface area contributed by atoms with Crippen molar-refractivity contribution >= 4 is 41.4 Å². The zero-order valence-electron chi connectivity index (χ0n) is 27.0. The highest BCUT2D eigenvalue weighted by Gasteiger charge is 2.33. The van der Waals surface area contributed by atoms with Gasteiger partial charge < -0.3 is 30.0 Å². The number of methoxy groups -OCH3 is 1. The van der Waals surface area contributed by atoms with Crippen LogP contribution in [0.5, 0.6) is 5.75 Å². The molecule has 6 atom stereocenters. The zero-order chi connectivity index (χ0) is 33.8. The van der Waals surface area contributed by atoms with Crippen LogP contribution in [0, 0.1) is 17.8 Å². The second-order valence-electron chi connectivity index (χ2n) is 12.2. The summed E-state index contributed by atoms with van der Waals surface area (Å²) in [6.07, 6.45) is 0.369.